The monoisotopic (exact) mass is 286 g/mol. The third kappa shape index (κ3) is 3.68. The Morgan fingerprint density at radius 3 is 2.63 bits per heavy atom. The highest BCUT2D eigenvalue weighted by molar-refractivity contribution is 6.19. The number of aliphatic hydroxyl groups is 1. The number of carbonyl (C=O) groups is 2. The summed E-state index contributed by atoms with van der Waals surface area (Å²) in [5.74, 6) is -1.38. The molecule has 0 spiro atoms. The second-order valence-corrected chi connectivity index (χ2v) is 4.14. The minimum absolute atomic E-state index is 0.0646. The van der Waals surface area contributed by atoms with Crippen molar-refractivity contribution in [2.24, 2.45) is 0 Å². The highest BCUT2D eigenvalue weighted by atomic mass is 35.5. The second kappa shape index (κ2) is 7.11. The number of hydrogen-bond donors (Lipinski definition) is 2. The van der Waals surface area contributed by atoms with Gasteiger partial charge in [0.25, 0.3) is 0 Å². The lowest BCUT2D eigenvalue weighted by Crippen LogP contribution is -2.14. The van der Waals surface area contributed by atoms with Crippen LogP contribution < -0.4 is 4.74 Å². The largest absolute Gasteiger partial charge is 0.493 e. The van der Waals surface area contributed by atoms with Crippen LogP contribution >= 0.6 is 11.6 Å². The van der Waals surface area contributed by atoms with Gasteiger partial charge in [-0.05, 0) is 13.0 Å². The minimum atomic E-state index is -1.73. The van der Waals surface area contributed by atoms with Crippen molar-refractivity contribution in [3.63, 3.8) is 0 Å². The van der Waals surface area contributed by atoms with E-state index in [0.29, 0.717) is 0 Å². The topological polar surface area (TPSA) is 83.8 Å². The Morgan fingerprint density at radius 2 is 2.11 bits per heavy atom. The van der Waals surface area contributed by atoms with Crippen molar-refractivity contribution in [1.29, 1.82) is 0 Å². The van der Waals surface area contributed by atoms with Gasteiger partial charge in [0, 0.05) is 17.9 Å². The van der Waals surface area contributed by atoms with Gasteiger partial charge in [-0.2, -0.15) is 0 Å². The Bertz CT molecular complexity index is 472. The number of Topliss-reactive ketones (excluding diaryl/α,β-unsaturated/α-hetero) is 1. The molecule has 0 saturated heterocycles. The van der Waals surface area contributed by atoms with E-state index in [4.69, 9.17) is 21.4 Å². The standard InChI is InChI=1S/C13H15ClO5/c1-2-19-12-8(10(15)6-7-14)4-3-5-9(12)11(16)13(17)18/h3-5,11,16H,2,6-7H2,1H3,(H,17,18). The number of carbonyl (C=O) groups excluding carboxylic acids is 1. The van der Waals surface area contributed by atoms with Gasteiger partial charge < -0.3 is 14.9 Å². The van der Waals surface area contributed by atoms with Crippen molar-refractivity contribution in [1.82, 2.24) is 0 Å². The second-order valence-electron chi connectivity index (χ2n) is 3.76. The lowest BCUT2D eigenvalue weighted by molar-refractivity contribution is -0.147. The number of alkyl halides is 1. The van der Waals surface area contributed by atoms with Crippen molar-refractivity contribution in [2.45, 2.75) is 19.4 Å². The third-order valence-electron chi connectivity index (χ3n) is 2.48. The minimum Gasteiger partial charge on any atom is -0.493 e. The van der Waals surface area contributed by atoms with Gasteiger partial charge in [0.15, 0.2) is 11.9 Å². The highest BCUT2D eigenvalue weighted by Gasteiger charge is 2.24. The number of para-hydroxylation sites is 1. The fourth-order valence-electron chi connectivity index (χ4n) is 1.65. The summed E-state index contributed by atoms with van der Waals surface area (Å²) in [5.41, 5.74) is 0.301. The van der Waals surface area contributed by atoms with Crippen molar-refractivity contribution in [3.05, 3.63) is 29.3 Å². The molecular formula is C13H15ClO5. The fraction of sp³-hybridized carbons (Fsp3) is 0.385. The maximum Gasteiger partial charge on any atom is 0.337 e. The van der Waals surface area contributed by atoms with Crippen LogP contribution in [0.3, 0.4) is 0 Å². The van der Waals surface area contributed by atoms with E-state index in [-0.39, 0.29) is 41.6 Å². The average Bonchev–Trinajstić information content (AvgIpc) is 2.38. The Balaban J connectivity index is 3.28. The Morgan fingerprint density at radius 1 is 1.42 bits per heavy atom. The molecule has 0 amide bonds. The number of hydrogen-bond acceptors (Lipinski definition) is 4. The SMILES string of the molecule is CCOc1c(C(=O)CCCl)cccc1C(O)C(=O)O. The van der Waals surface area contributed by atoms with Gasteiger partial charge >= 0.3 is 5.97 Å². The maximum absolute atomic E-state index is 11.9. The van der Waals surface area contributed by atoms with Gasteiger partial charge in [0.2, 0.25) is 0 Å². The molecule has 0 aromatic heterocycles. The van der Waals surface area contributed by atoms with Crippen LogP contribution in [0.5, 0.6) is 5.75 Å². The molecule has 19 heavy (non-hydrogen) atoms. The van der Waals surface area contributed by atoms with Crippen molar-refractivity contribution >= 4 is 23.4 Å². The summed E-state index contributed by atoms with van der Waals surface area (Å²) in [7, 11) is 0. The van der Waals surface area contributed by atoms with E-state index in [1.807, 2.05) is 0 Å². The molecule has 1 aromatic rings. The van der Waals surface area contributed by atoms with Gasteiger partial charge in [-0.1, -0.05) is 12.1 Å². The average molecular weight is 287 g/mol. The summed E-state index contributed by atoms with van der Waals surface area (Å²) in [4.78, 5) is 22.7. The van der Waals surface area contributed by atoms with Crippen LogP contribution in [0.4, 0.5) is 0 Å². The summed E-state index contributed by atoms with van der Waals surface area (Å²) in [6, 6.07) is 4.45. The van der Waals surface area contributed by atoms with Crippen molar-refractivity contribution < 1.29 is 24.5 Å². The third-order valence-corrected chi connectivity index (χ3v) is 2.67. The molecule has 1 rings (SSSR count). The first-order chi connectivity index (χ1) is 9.02. The van der Waals surface area contributed by atoms with E-state index in [1.165, 1.54) is 18.2 Å². The van der Waals surface area contributed by atoms with Gasteiger partial charge in [0.1, 0.15) is 5.75 Å². The highest BCUT2D eigenvalue weighted by Crippen LogP contribution is 2.30. The van der Waals surface area contributed by atoms with Gasteiger partial charge in [-0.25, -0.2) is 4.79 Å². The lowest BCUT2D eigenvalue weighted by Gasteiger charge is -2.16. The molecule has 0 aliphatic heterocycles. The van der Waals surface area contributed by atoms with Crippen LogP contribution in [-0.4, -0.2) is 34.5 Å². The predicted octanol–water partition coefficient (Wildman–Crippen LogP) is 2.01. The molecule has 1 unspecified atom stereocenters. The van der Waals surface area contributed by atoms with E-state index >= 15 is 0 Å². The fourth-order valence-corrected chi connectivity index (χ4v) is 1.82. The number of aliphatic carboxylic acids is 1. The van der Waals surface area contributed by atoms with Crippen LogP contribution in [0, 0.1) is 0 Å². The molecule has 5 nitrogen and oxygen atoms in total. The number of carboxylic acids is 1. The predicted molar refractivity (Wildman–Crippen MR) is 69.9 cm³/mol. The molecule has 0 radical (unpaired) electrons. The van der Waals surface area contributed by atoms with Gasteiger partial charge in [-0.3, -0.25) is 4.79 Å². The Labute approximate surface area is 115 Å². The summed E-state index contributed by atoms with van der Waals surface area (Å²) < 4.78 is 5.32. The van der Waals surface area contributed by atoms with Crippen LogP contribution in [0.15, 0.2) is 18.2 Å². The molecule has 0 heterocycles. The van der Waals surface area contributed by atoms with E-state index in [1.54, 1.807) is 6.92 Å². The number of carboxylic acid groups (broad SMARTS) is 1. The molecular weight excluding hydrogens is 272 g/mol. The number of ketones is 1. The number of benzene rings is 1. The summed E-state index contributed by atoms with van der Waals surface area (Å²) in [6.45, 7) is 1.96. The Hall–Kier alpha value is -1.59. The zero-order valence-electron chi connectivity index (χ0n) is 10.4. The first-order valence-corrected chi connectivity index (χ1v) is 6.32. The van der Waals surface area contributed by atoms with Gasteiger partial charge in [-0.15, -0.1) is 11.6 Å². The number of halogens is 1. The maximum atomic E-state index is 11.9. The van der Waals surface area contributed by atoms with Crippen LogP contribution in [0.2, 0.25) is 0 Å². The van der Waals surface area contributed by atoms with Crippen molar-refractivity contribution in [2.75, 3.05) is 12.5 Å². The van der Waals surface area contributed by atoms with E-state index < -0.39 is 12.1 Å². The van der Waals surface area contributed by atoms with Gasteiger partial charge in [0.05, 0.1) is 12.2 Å². The zero-order chi connectivity index (χ0) is 14.4. The molecule has 0 aliphatic carbocycles. The molecule has 1 aromatic carbocycles. The molecule has 104 valence electrons. The number of rotatable bonds is 7. The van der Waals surface area contributed by atoms with E-state index in [0.717, 1.165) is 0 Å². The summed E-state index contributed by atoms with van der Waals surface area (Å²) in [6.07, 6.45) is -1.61. The molecule has 6 heteroatoms. The van der Waals surface area contributed by atoms with E-state index in [9.17, 15) is 14.7 Å². The summed E-state index contributed by atoms with van der Waals surface area (Å²) >= 11 is 5.52. The Kier molecular flexibility index (Phi) is 5.79. The van der Waals surface area contributed by atoms with Crippen LogP contribution in [0.1, 0.15) is 35.4 Å². The van der Waals surface area contributed by atoms with Crippen molar-refractivity contribution in [3.8, 4) is 5.75 Å². The zero-order valence-corrected chi connectivity index (χ0v) is 11.2. The normalized spacial score (nSPS) is 11.9. The summed E-state index contributed by atoms with van der Waals surface area (Å²) in [5, 5.41) is 18.5. The van der Waals surface area contributed by atoms with Crippen LogP contribution in [0.25, 0.3) is 0 Å². The van der Waals surface area contributed by atoms with Crippen LogP contribution in [-0.2, 0) is 4.79 Å². The number of aliphatic hydroxyl groups excluding tert-OH is 1. The smallest absolute Gasteiger partial charge is 0.337 e. The molecule has 0 fully saturated rings. The quantitative estimate of drug-likeness (QED) is 0.592. The first kappa shape index (κ1) is 15.5. The molecule has 0 saturated carbocycles. The first-order valence-electron chi connectivity index (χ1n) is 5.78. The molecule has 0 aliphatic rings. The number of ether oxygens (including phenoxy) is 1. The lowest BCUT2D eigenvalue weighted by atomic mass is 10.0. The van der Waals surface area contributed by atoms with E-state index in [2.05, 4.69) is 0 Å². The molecule has 1 atom stereocenters. The molecule has 0 bridgehead atoms. The molecule has 2 N–H and O–H groups in total.